The van der Waals surface area contributed by atoms with Crippen molar-refractivity contribution in [2.24, 2.45) is 0 Å². The first-order valence-corrected chi connectivity index (χ1v) is 8.26. The van der Waals surface area contributed by atoms with Gasteiger partial charge in [0.1, 0.15) is 11.4 Å². The summed E-state index contributed by atoms with van der Waals surface area (Å²) < 4.78 is 23.9. The molecule has 0 amide bonds. The van der Waals surface area contributed by atoms with Gasteiger partial charge in [-0.05, 0) is 39.0 Å². The maximum absolute atomic E-state index is 14.0. The number of methoxy groups -OCH3 is 1. The molecular weight excluding hydrogens is 327 g/mol. The van der Waals surface area contributed by atoms with Crippen molar-refractivity contribution in [2.45, 2.75) is 26.4 Å². The van der Waals surface area contributed by atoms with Gasteiger partial charge < -0.3 is 14.4 Å². The van der Waals surface area contributed by atoms with E-state index in [9.17, 15) is 14.0 Å². The Morgan fingerprint density at radius 2 is 1.80 bits per heavy atom. The van der Waals surface area contributed by atoms with E-state index in [4.69, 9.17) is 4.74 Å². The highest BCUT2D eigenvalue weighted by Crippen LogP contribution is 2.21. The van der Waals surface area contributed by atoms with Crippen LogP contribution in [0.25, 0.3) is 0 Å². The zero-order valence-corrected chi connectivity index (χ0v) is 15.2. The SMILES string of the molecule is COC(=O)c1ccc(N2CCN(CC(=O)OC(C)(C)C)CC2)cc1F. The number of esters is 2. The first kappa shape index (κ1) is 19.2. The van der Waals surface area contributed by atoms with Gasteiger partial charge in [-0.2, -0.15) is 0 Å². The number of hydrogen-bond donors (Lipinski definition) is 0. The largest absolute Gasteiger partial charge is 0.465 e. The third-order valence-corrected chi connectivity index (χ3v) is 3.87. The minimum absolute atomic E-state index is 0.0742. The molecule has 2 rings (SSSR count). The molecule has 1 aliphatic heterocycles. The van der Waals surface area contributed by atoms with Crippen LogP contribution in [0, 0.1) is 5.82 Å². The van der Waals surface area contributed by atoms with Gasteiger partial charge in [0.15, 0.2) is 0 Å². The maximum atomic E-state index is 14.0. The first-order valence-electron chi connectivity index (χ1n) is 8.26. The molecule has 1 aromatic carbocycles. The lowest BCUT2D eigenvalue weighted by atomic mass is 10.1. The van der Waals surface area contributed by atoms with Crippen molar-refractivity contribution in [1.82, 2.24) is 4.90 Å². The Morgan fingerprint density at radius 1 is 1.16 bits per heavy atom. The Balaban J connectivity index is 1.91. The molecule has 1 fully saturated rings. The molecular formula is C18H25FN2O4. The Hall–Kier alpha value is -2.15. The van der Waals surface area contributed by atoms with E-state index in [2.05, 4.69) is 4.74 Å². The molecule has 0 aromatic heterocycles. The molecule has 6 nitrogen and oxygen atoms in total. The van der Waals surface area contributed by atoms with Gasteiger partial charge in [-0.3, -0.25) is 9.69 Å². The van der Waals surface area contributed by atoms with Crippen LogP contribution in [0.5, 0.6) is 0 Å². The van der Waals surface area contributed by atoms with Gasteiger partial charge in [0.2, 0.25) is 0 Å². The normalized spacial score (nSPS) is 15.8. The van der Waals surface area contributed by atoms with Crippen LogP contribution in [0.3, 0.4) is 0 Å². The van der Waals surface area contributed by atoms with Crippen LogP contribution in [-0.2, 0) is 14.3 Å². The molecule has 0 unspecified atom stereocenters. The number of rotatable bonds is 4. The van der Waals surface area contributed by atoms with Crippen LogP contribution in [-0.4, -0.2) is 62.3 Å². The van der Waals surface area contributed by atoms with Gasteiger partial charge in [0.05, 0.1) is 19.2 Å². The summed E-state index contributed by atoms with van der Waals surface area (Å²) in [6.07, 6.45) is 0. The summed E-state index contributed by atoms with van der Waals surface area (Å²) in [5, 5.41) is 0. The van der Waals surface area contributed by atoms with E-state index in [1.54, 1.807) is 6.07 Å². The molecule has 1 heterocycles. The topological polar surface area (TPSA) is 59.1 Å². The van der Waals surface area contributed by atoms with Crippen molar-refractivity contribution >= 4 is 17.6 Å². The van der Waals surface area contributed by atoms with Gasteiger partial charge in [0, 0.05) is 31.9 Å². The number of benzene rings is 1. The quantitative estimate of drug-likeness (QED) is 0.774. The highest BCUT2D eigenvalue weighted by Gasteiger charge is 2.23. The minimum Gasteiger partial charge on any atom is -0.465 e. The van der Waals surface area contributed by atoms with E-state index >= 15 is 0 Å². The predicted molar refractivity (Wildman–Crippen MR) is 92.2 cm³/mol. The molecule has 7 heteroatoms. The molecule has 0 saturated carbocycles. The lowest BCUT2D eigenvalue weighted by Crippen LogP contribution is -2.48. The number of piperazine rings is 1. The van der Waals surface area contributed by atoms with Gasteiger partial charge in [-0.1, -0.05) is 0 Å². The lowest BCUT2D eigenvalue weighted by molar-refractivity contribution is -0.156. The van der Waals surface area contributed by atoms with E-state index in [-0.39, 0.29) is 18.1 Å². The highest BCUT2D eigenvalue weighted by molar-refractivity contribution is 5.90. The average Bonchev–Trinajstić information content (AvgIpc) is 2.53. The summed E-state index contributed by atoms with van der Waals surface area (Å²) >= 11 is 0. The fourth-order valence-electron chi connectivity index (χ4n) is 2.70. The van der Waals surface area contributed by atoms with E-state index < -0.39 is 17.4 Å². The molecule has 0 aliphatic carbocycles. The van der Waals surface area contributed by atoms with Crippen LogP contribution >= 0.6 is 0 Å². The molecule has 1 aromatic rings. The number of carbonyl (C=O) groups is 2. The molecule has 0 radical (unpaired) electrons. The molecule has 0 N–H and O–H groups in total. The second-order valence-corrected chi connectivity index (χ2v) is 7.01. The summed E-state index contributed by atoms with van der Waals surface area (Å²) in [6, 6.07) is 4.48. The van der Waals surface area contributed by atoms with Crippen LogP contribution in [0.15, 0.2) is 18.2 Å². The number of nitrogens with zero attached hydrogens (tertiary/aromatic N) is 2. The number of halogens is 1. The second-order valence-electron chi connectivity index (χ2n) is 7.01. The van der Waals surface area contributed by atoms with Crippen molar-refractivity contribution in [1.29, 1.82) is 0 Å². The summed E-state index contributed by atoms with van der Waals surface area (Å²) in [7, 11) is 1.22. The third kappa shape index (κ3) is 5.42. The Bertz CT molecular complexity index is 634. The highest BCUT2D eigenvalue weighted by atomic mass is 19.1. The predicted octanol–water partition coefficient (Wildman–Crippen LogP) is 2.08. The zero-order chi connectivity index (χ0) is 18.6. The molecule has 1 aliphatic rings. The first-order chi connectivity index (χ1) is 11.7. The summed E-state index contributed by atoms with van der Waals surface area (Å²) in [5.41, 5.74) is 0.148. The zero-order valence-electron chi connectivity index (χ0n) is 15.2. The minimum atomic E-state index is -0.689. The summed E-state index contributed by atoms with van der Waals surface area (Å²) in [4.78, 5) is 27.4. The molecule has 25 heavy (non-hydrogen) atoms. The van der Waals surface area contributed by atoms with E-state index in [1.807, 2.05) is 30.6 Å². The number of carbonyl (C=O) groups excluding carboxylic acids is 2. The Morgan fingerprint density at radius 3 is 2.32 bits per heavy atom. The Kier molecular flexibility index (Phi) is 6.00. The molecule has 0 spiro atoms. The van der Waals surface area contributed by atoms with Crippen molar-refractivity contribution in [2.75, 3.05) is 44.7 Å². The van der Waals surface area contributed by atoms with E-state index in [1.165, 1.54) is 19.2 Å². The van der Waals surface area contributed by atoms with Crippen LogP contribution in [0.2, 0.25) is 0 Å². The van der Waals surface area contributed by atoms with Crippen LogP contribution in [0.1, 0.15) is 31.1 Å². The van der Waals surface area contributed by atoms with Gasteiger partial charge in [0.25, 0.3) is 0 Å². The van der Waals surface area contributed by atoms with Crippen molar-refractivity contribution in [3.05, 3.63) is 29.6 Å². The molecule has 0 atom stereocenters. The van der Waals surface area contributed by atoms with E-state index in [0.29, 0.717) is 31.9 Å². The number of anilines is 1. The lowest BCUT2D eigenvalue weighted by Gasteiger charge is -2.36. The average molecular weight is 352 g/mol. The standard InChI is InChI=1S/C18H25FN2O4/c1-18(2,3)25-16(22)12-20-7-9-21(10-8-20)13-5-6-14(15(19)11-13)17(23)24-4/h5-6,11H,7-10,12H2,1-4H3. The monoisotopic (exact) mass is 352 g/mol. The maximum Gasteiger partial charge on any atom is 0.340 e. The van der Waals surface area contributed by atoms with Gasteiger partial charge in [-0.25, -0.2) is 9.18 Å². The van der Waals surface area contributed by atoms with Crippen LogP contribution in [0.4, 0.5) is 10.1 Å². The summed E-state index contributed by atoms with van der Waals surface area (Å²) in [5.74, 6) is -1.53. The summed E-state index contributed by atoms with van der Waals surface area (Å²) in [6.45, 7) is 8.47. The Labute approximate surface area is 147 Å². The molecule has 1 saturated heterocycles. The molecule has 138 valence electrons. The van der Waals surface area contributed by atoms with Crippen LogP contribution < -0.4 is 4.90 Å². The number of hydrogen-bond acceptors (Lipinski definition) is 6. The smallest absolute Gasteiger partial charge is 0.340 e. The van der Waals surface area contributed by atoms with Crippen molar-refractivity contribution in [3.63, 3.8) is 0 Å². The number of ether oxygens (including phenoxy) is 2. The van der Waals surface area contributed by atoms with E-state index in [0.717, 1.165) is 0 Å². The van der Waals surface area contributed by atoms with Crippen molar-refractivity contribution < 1.29 is 23.5 Å². The second kappa shape index (κ2) is 7.82. The molecule has 0 bridgehead atoms. The fraction of sp³-hybridized carbons (Fsp3) is 0.556. The third-order valence-electron chi connectivity index (χ3n) is 3.87. The fourth-order valence-corrected chi connectivity index (χ4v) is 2.70. The van der Waals surface area contributed by atoms with Gasteiger partial charge in [-0.15, -0.1) is 0 Å². The van der Waals surface area contributed by atoms with Gasteiger partial charge >= 0.3 is 11.9 Å². The van der Waals surface area contributed by atoms with Crippen molar-refractivity contribution in [3.8, 4) is 0 Å².